The maximum Gasteiger partial charge on any atom is 0.262 e. The second kappa shape index (κ2) is 4.15. The summed E-state index contributed by atoms with van der Waals surface area (Å²) in [5.41, 5.74) is 9.03. The van der Waals surface area contributed by atoms with Gasteiger partial charge in [0.1, 0.15) is 5.75 Å². The topological polar surface area (TPSA) is 93.0 Å². The number of aromatic amines is 1. The number of carbonyl (C=O) groups excluding carboxylic acids is 1. The van der Waals surface area contributed by atoms with Crippen molar-refractivity contribution in [3.8, 4) is 16.9 Å². The SMILES string of the molecule is NCc1[nH]ncc1-c1ccc2c(c1)NC(=O)CO2. The zero-order valence-corrected chi connectivity index (χ0v) is 9.56. The van der Waals surface area contributed by atoms with Crippen molar-refractivity contribution in [2.45, 2.75) is 6.54 Å². The van der Waals surface area contributed by atoms with Crippen molar-refractivity contribution < 1.29 is 9.53 Å². The van der Waals surface area contributed by atoms with E-state index in [0.717, 1.165) is 16.8 Å². The van der Waals surface area contributed by atoms with Crippen LogP contribution in [0.2, 0.25) is 0 Å². The molecule has 0 saturated carbocycles. The quantitative estimate of drug-likeness (QED) is 0.730. The summed E-state index contributed by atoms with van der Waals surface area (Å²) in [6, 6.07) is 5.61. The molecule has 1 aliphatic heterocycles. The van der Waals surface area contributed by atoms with Crippen molar-refractivity contribution in [1.82, 2.24) is 10.2 Å². The normalized spacial score (nSPS) is 13.7. The monoisotopic (exact) mass is 244 g/mol. The van der Waals surface area contributed by atoms with Crippen LogP contribution in [0.1, 0.15) is 5.69 Å². The molecule has 92 valence electrons. The molecule has 1 amide bonds. The summed E-state index contributed by atoms with van der Waals surface area (Å²) in [4.78, 5) is 11.3. The number of H-pyrrole nitrogens is 1. The molecule has 0 unspecified atom stereocenters. The summed E-state index contributed by atoms with van der Waals surface area (Å²) in [6.07, 6.45) is 1.72. The molecule has 0 bridgehead atoms. The molecule has 2 heterocycles. The van der Waals surface area contributed by atoms with Crippen molar-refractivity contribution >= 4 is 11.6 Å². The fourth-order valence-corrected chi connectivity index (χ4v) is 1.97. The number of rotatable bonds is 2. The van der Waals surface area contributed by atoms with Gasteiger partial charge >= 0.3 is 0 Å². The Morgan fingerprint density at radius 1 is 1.44 bits per heavy atom. The fraction of sp³-hybridized carbons (Fsp3) is 0.167. The van der Waals surface area contributed by atoms with Gasteiger partial charge in [-0.2, -0.15) is 5.10 Å². The third-order valence-electron chi connectivity index (χ3n) is 2.85. The Bertz CT molecular complexity index is 606. The Hall–Kier alpha value is -2.34. The van der Waals surface area contributed by atoms with Gasteiger partial charge in [-0.25, -0.2) is 0 Å². The number of nitrogens with two attached hydrogens (primary N) is 1. The van der Waals surface area contributed by atoms with E-state index in [1.807, 2.05) is 18.2 Å². The molecular weight excluding hydrogens is 232 g/mol. The Balaban J connectivity index is 2.04. The minimum absolute atomic E-state index is 0.0616. The molecule has 6 heteroatoms. The van der Waals surface area contributed by atoms with Gasteiger partial charge in [-0.3, -0.25) is 9.89 Å². The Morgan fingerprint density at radius 3 is 3.17 bits per heavy atom. The lowest BCUT2D eigenvalue weighted by Gasteiger charge is -2.18. The lowest BCUT2D eigenvalue weighted by molar-refractivity contribution is -0.118. The molecule has 0 fully saturated rings. The van der Waals surface area contributed by atoms with Crippen LogP contribution in [-0.2, 0) is 11.3 Å². The predicted octanol–water partition coefficient (Wildman–Crippen LogP) is 0.866. The summed E-state index contributed by atoms with van der Waals surface area (Å²) in [7, 11) is 0. The van der Waals surface area contributed by atoms with E-state index in [9.17, 15) is 4.79 Å². The van der Waals surface area contributed by atoms with E-state index in [0.29, 0.717) is 18.0 Å². The van der Waals surface area contributed by atoms with Gasteiger partial charge in [-0.15, -0.1) is 0 Å². The summed E-state index contributed by atoms with van der Waals surface area (Å²) in [5, 5.41) is 9.60. The van der Waals surface area contributed by atoms with Crippen LogP contribution in [0.3, 0.4) is 0 Å². The van der Waals surface area contributed by atoms with Crippen molar-refractivity contribution in [1.29, 1.82) is 0 Å². The van der Waals surface area contributed by atoms with Gasteiger partial charge in [0.15, 0.2) is 6.61 Å². The number of carbonyl (C=O) groups is 1. The molecule has 1 aromatic carbocycles. The van der Waals surface area contributed by atoms with Crippen molar-refractivity contribution in [3.63, 3.8) is 0 Å². The minimum atomic E-state index is -0.147. The highest BCUT2D eigenvalue weighted by Crippen LogP contribution is 2.33. The molecule has 3 rings (SSSR count). The molecule has 1 aromatic heterocycles. The number of amides is 1. The number of nitrogens with zero attached hydrogens (tertiary/aromatic N) is 1. The number of hydrogen-bond donors (Lipinski definition) is 3. The standard InChI is InChI=1S/C12H12N4O2/c13-4-10-8(5-14-16-10)7-1-2-11-9(3-7)15-12(17)6-18-11/h1-3,5H,4,6,13H2,(H,14,16)(H,15,17). The smallest absolute Gasteiger partial charge is 0.262 e. The molecule has 0 atom stereocenters. The van der Waals surface area contributed by atoms with Gasteiger partial charge < -0.3 is 15.8 Å². The zero-order valence-electron chi connectivity index (χ0n) is 9.56. The third-order valence-corrected chi connectivity index (χ3v) is 2.85. The number of nitrogens with one attached hydrogen (secondary N) is 2. The Morgan fingerprint density at radius 2 is 2.33 bits per heavy atom. The first-order chi connectivity index (χ1) is 8.78. The molecule has 18 heavy (non-hydrogen) atoms. The Kier molecular flexibility index (Phi) is 2.49. The van der Waals surface area contributed by atoms with Crippen LogP contribution in [0.15, 0.2) is 24.4 Å². The summed E-state index contributed by atoms with van der Waals surface area (Å²) < 4.78 is 5.30. The summed E-state index contributed by atoms with van der Waals surface area (Å²) in [6.45, 7) is 0.446. The van der Waals surface area contributed by atoms with E-state index >= 15 is 0 Å². The average molecular weight is 244 g/mol. The molecule has 6 nitrogen and oxygen atoms in total. The number of hydrogen-bond acceptors (Lipinski definition) is 4. The molecule has 4 N–H and O–H groups in total. The number of anilines is 1. The van der Waals surface area contributed by atoms with Crippen LogP contribution in [0, 0.1) is 0 Å². The van der Waals surface area contributed by atoms with Crippen molar-refractivity contribution in [2.24, 2.45) is 5.73 Å². The van der Waals surface area contributed by atoms with Crippen molar-refractivity contribution in [2.75, 3.05) is 11.9 Å². The molecular formula is C12H12N4O2. The van der Waals surface area contributed by atoms with E-state index in [1.54, 1.807) is 6.20 Å². The second-order valence-electron chi connectivity index (χ2n) is 4.01. The first-order valence-electron chi connectivity index (χ1n) is 5.57. The van der Waals surface area contributed by atoms with Crippen LogP contribution in [-0.4, -0.2) is 22.7 Å². The van der Waals surface area contributed by atoms with E-state index in [2.05, 4.69) is 15.5 Å². The van der Waals surface area contributed by atoms with Crippen LogP contribution >= 0.6 is 0 Å². The fourth-order valence-electron chi connectivity index (χ4n) is 1.97. The highest BCUT2D eigenvalue weighted by Gasteiger charge is 2.17. The summed E-state index contributed by atoms with van der Waals surface area (Å²) in [5.74, 6) is 0.530. The first kappa shape index (κ1) is 10.8. The highest BCUT2D eigenvalue weighted by atomic mass is 16.5. The number of aromatic nitrogens is 2. The van der Waals surface area contributed by atoms with Crippen LogP contribution in [0.25, 0.3) is 11.1 Å². The van der Waals surface area contributed by atoms with E-state index in [1.165, 1.54) is 0 Å². The largest absolute Gasteiger partial charge is 0.482 e. The van der Waals surface area contributed by atoms with Crippen LogP contribution in [0.5, 0.6) is 5.75 Å². The van der Waals surface area contributed by atoms with E-state index in [-0.39, 0.29) is 12.5 Å². The van der Waals surface area contributed by atoms with Gasteiger partial charge in [0.25, 0.3) is 5.91 Å². The molecule has 0 spiro atoms. The lowest BCUT2D eigenvalue weighted by atomic mass is 10.0. The van der Waals surface area contributed by atoms with Crippen LogP contribution in [0.4, 0.5) is 5.69 Å². The summed E-state index contributed by atoms with van der Waals surface area (Å²) >= 11 is 0. The van der Waals surface area contributed by atoms with Gasteiger partial charge in [0.05, 0.1) is 17.6 Å². The first-order valence-corrected chi connectivity index (χ1v) is 5.57. The van der Waals surface area contributed by atoms with Crippen molar-refractivity contribution in [3.05, 3.63) is 30.1 Å². The van der Waals surface area contributed by atoms with Gasteiger partial charge in [-0.1, -0.05) is 6.07 Å². The van der Waals surface area contributed by atoms with Gasteiger partial charge in [-0.05, 0) is 17.7 Å². The second-order valence-corrected chi connectivity index (χ2v) is 4.01. The predicted molar refractivity (Wildman–Crippen MR) is 66.0 cm³/mol. The van der Waals surface area contributed by atoms with E-state index in [4.69, 9.17) is 10.5 Å². The highest BCUT2D eigenvalue weighted by molar-refractivity contribution is 5.96. The number of ether oxygens (including phenoxy) is 1. The molecule has 0 aliphatic carbocycles. The molecule has 0 radical (unpaired) electrons. The van der Waals surface area contributed by atoms with Gasteiger partial charge in [0.2, 0.25) is 0 Å². The Labute approximate surface area is 103 Å². The third kappa shape index (κ3) is 1.72. The average Bonchev–Trinajstić information content (AvgIpc) is 2.86. The zero-order chi connectivity index (χ0) is 12.5. The number of fused-ring (bicyclic) bond motifs is 1. The molecule has 2 aromatic rings. The van der Waals surface area contributed by atoms with E-state index < -0.39 is 0 Å². The van der Waals surface area contributed by atoms with Gasteiger partial charge in [0, 0.05) is 12.1 Å². The molecule has 0 saturated heterocycles. The lowest BCUT2D eigenvalue weighted by Crippen LogP contribution is -2.25. The van der Waals surface area contributed by atoms with Crippen LogP contribution < -0.4 is 15.8 Å². The minimum Gasteiger partial charge on any atom is -0.482 e. The molecule has 1 aliphatic rings. The maximum atomic E-state index is 11.3. The maximum absolute atomic E-state index is 11.3. The number of benzene rings is 1.